The molecule has 1 heterocycles. The second kappa shape index (κ2) is 10.4. The monoisotopic (exact) mass is 380 g/mol. The highest BCUT2D eigenvalue weighted by molar-refractivity contribution is 7.09. The minimum absolute atomic E-state index is 0.542. The van der Waals surface area contributed by atoms with Gasteiger partial charge in [-0.2, -0.15) is 0 Å². The number of aryl methyl sites for hydroxylation is 1. The van der Waals surface area contributed by atoms with Crippen molar-refractivity contribution >= 4 is 28.9 Å². The normalized spacial score (nSPS) is 11.6. The fourth-order valence-electron chi connectivity index (χ4n) is 2.30. The van der Waals surface area contributed by atoms with Crippen LogP contribution in [0, 0.1) is 6.92 Å². The largest absolute Gasteiger partial charge is 0.375 e. The van der Waals surface area contributed by atoms with Crippen molar-refractivity contribution in [3.05, 3.63) is 50.9 Å². The highest BCUT2D eigenvalue weighted by Gasteiger charge is 2.08. The van der Waals surface area contributed by atoms with Crippen LogP contribution < -0.4 is 5.32 Å². The van der Waals surface area contributed by atoms with Gasteiger partial charge in [-0.15, -0.1) is 11.3 Å². The van der Waals surface area contributed by atoms with E-state index in [2.05, 4.69) is 32.5 Å². The van der Waals surface area contributed by atoms with Crippen LogP contribution in [-0.2, 0) is 17.9 Å². The maximum Gasteiger partial charge on any atom is 0.194 e. The molecule has 5 nitrogen and oxygen atoms in total. The summed E-state index contributed by atoms with van der Waals surface area (Å²) in [5, 5.41) is 7.20. The van der Waals surface area contributed by atoms with Crippen LogP contribution in [0.15, 0.2) is 34.6 Å². The third-order valence-electron chi connectivity index (χ3n) is 3.42. The number of nitrogens with one attached hydrogen (secondary N) is 1. The van der Waals surface area contributed by atoms with E-state index in [4.69, 9.17) is 16.3 Å². The van der Waals surface area contributed by atoms with Crippen LogP contribution in [0.1, 0.15) is 23.2 Å². The zero-order chi connectivity index (χ0) is 18.1. The van der Waals surface area contributed by atoms with Gasteiger partial charge < -0.3 is 15.0 Å². The fourth-order valence-corrected chi connectivity index (χ4v) is 3.12. The number of aromatic nitrogens is 1. The molecule has 0 aliphatic carbocycles. The Morgan fingerprint density at radius 1 is 1.44 bits per heavy atom. The van der Waals surface area contributed by atoms with Crippen LogP contribution in [0.3, 0.4) is 0 Å². The van der Waals surface area contributed by atoms with Crippen molar-refractivity contribution in [2.24, 2.45) is 4.99 Å². The van der Waals surface area contributed by atoms with Crippen LogP contribution in [0.2, 0.25) is 5.02 Å². The van der Waals surface area contributed by atoms with Crippen LogP contribution in [0.5, 0.6) is 0 Å². The van der Waals surface area contributed by atoms with Gasteiger partial charge in [-0.1, -0.05) is 23.7 Å². The lowest BCUT2D eigenvalue weighted by molar-refractivity contribution is 0.128. The number of thiazole rings is 1. The molecule has 0 bridgehead atoms. The van der Waals surface area contributed by atoms with Crippen molar-refractivity contribution in [2.75, 3.05) is 26.7 Å². The lowest BCUT2D eigenvalue weighted by Crippen LogP contribution is -2.38. The second-order valence-electron chi connectivity index (χ2n) is 5.63. The number of benzene rings is 1. The number of hydrogen-bond acceptors (Lipinski definition) is 4. The highest BCUT2D eigenvalue weighted by atomic mass is 35.5. The number of guanidine groups is 1. The molecule has 0 atom stereocenters. The van der Waals surface area contributed by atoms with Gasteiger partial charge in [0.05, 0.1) is 37.0 Å². The predicted molar refractivity (Wildman–Crippen MR) is 105 cm³/mol. The second-order valence-corrected chi connectivity index (χ2v) is 7.13. The smallest absolute Gasteiger partial charge is 0.194 e. The van der Waals surface area contributed by atoms with E-state index in [9.17, 15) is 0 Å². The Morgan fingerprint density at radius 2 is 2.28 bits per heavy atom. The quantitative estimate of drug-likeness (QED) is 0.431. The van der Waals surface area contributed by atoms with E-state index < -0.39 is 0 Å². The summed E-state index contributed by atoms with van der Waals surface area (Å²) < 4.78 is 5.68. The Kier molecular flexibility index (Phi) is 8.18. The average molecular weight is 381 g/mol. The number of nitrogens with zero attached hydrogens (tertiary/aromatic N) is 3. The fraction of sp³-hybridized carbons (Fsp3) is 0.444. The third-order valence-corrected chi connectivity index (χ3v) is 4.47. The summed E-state index contributed by atoms with van der Waals surface area (Å²) in [6.45, 7) is 7.34. The van der Waals surface area contributed by atoms with Gasteiger partial charge in [0, 0.05) is 24.0 Å². The summed E-state index contributed by atoms with van der Waals surface area (Å²) in [6.07, 6.45) is 0. The summed E-state index contributed by atoms with van der Waals surface area (Å²) in [5.74, 6) is 0.861. The van der Waals surface area contributed by atoms with E-state index in [0.717, 1.165) is 40.3 Å². The minimum atomic E-state index is 0.542. The van der Waals surface area contributed by atoms with Crippen molar-refractivity contribution in [1.29, 1.82) is 0 Å². The molecule has 0 aliphatic heterocycles. The molecule has 0 amide bonds. The zero-order valence-corrected chi connectivity index (χ0v) is 16.5. The topological polar surface area (TPSA) is 49.8 Å². The molecule has 136 valence electrons. The van der Waals surface area contributed by atoms with Crippen LogP contribution in [0.4, 0.5) is 0 Å². The number of rotatable bonds is 8. The molecule has 2 rings (SSSR count). The van der Waals surface area contributed by atoms with Gasteiger partial charge in [-0.25, -0.2) is 4.98 Å². The molecular formula is C18H25ClN4OS. The molecule has 7 heteroatoms. The molecule has 1 N–H and O–H groups in total. The number of aliphatic imine (C=N–C) groups is 1. The molecule has 0 aliphatic rings. The van der Waals surface area contributed by atoms with E-state index in [-0.39, 0.29) is 0 Å². The Balaban J connectivity index is 1.80. The van der Waals surface area contributed by atoms with E-state index >= 15 is 0 Å². The van der Waals surface area contributed by atoms with Crippen LogP contribution >= 0.6 is 22.9 Å². The minimum Gasteiger partial charge on any atom is -0.375 e. The summed E-state index contributed by atoms with van der Waals surface area (Å²) in [7, 11) is 2.02. The number of halogens is 1. The molecule has 0 spiro atoms. The van der Waals surface area contributed by atoms with Gasteiger partial charge in [0.25, 0.3) is 0 Å². The summed E-state index contributed by atoms with van der Waals surface area (Å²) >= 11 is 7.64. The molecule has 0 saturated heterocycles. The molecule has 0 saturated carbocycles. The third kappa shape index (κ3) is 7.02. The van der Waals surface area contributed by atoms with Gasteiger partial charge in [0.1, 0.15) is 0 Å². The van der Waals surface area contributed by atoms with E-state index in [1.54, 1.807) is 11.3 Å². The molecule has 2 aromatic rings. The Morgan fingerprint density at radius 3 is 2.96 bits per heavy atom. The first-order valence-electron chi connectivity index (χ1n) is 8.31. The van der Waals surface area contributed by atoms with Gasteiger partial charge in [-0.3, -0.25) is 4.99 Å². The zero-order valence-electron chi connectivity index (χ0n) is 15.0. The van der Waals surface area contributed by atoms with Gasteiger partial charge in [0.15, 0.2) is 5.96 Å². The van der Waals surface area contributed by atoms with Crippen molar-refractivity contribution in [1.82, 2.24) is 15.2 Å². The first-order valence-corrected chi connectivity index (χ1v) is 9.57. The van der Waals surface area contributed by atoms with Gasteiger partial charge in [-0.05, 0) is 31.5 Å². The first kappa shape index (κ1) is 19.7. The van der Waals surface area contributed by atoms with Crippen LogP contribution in [-0.4, -0.2) is 42.6 Å². The lowest BCUT2D eigenvalue weighted by atomic mass is 10.2. The average Bonchev–Trinajstić information content (AvgIpc) is 2.98. The van der Waals surface area contributed by atoms with Crippen molar-refractivity contribution in [3.63, 3.8) is 0 Å². The molecule has 0 unspecified atom stereocenters. The van der Waals surface area contributed by atoms with E-state index in [0.29, 0.717) is 19.8 Å². The Hall–Kier alpha value is -1.63. The molecule has 25 heavy (non-hydrogen) atoms. The molecule has 1 aromatic heterocycles. The molecule has 0 fully saturated rings. The van der Waals surface area contributed by atoms with Crippen molar-refractivity contribution < 1.29 is 4.74 Å². The molecule has 1 aromatic carbocycles. The number of ether oxygens (including phenoxy) is 1. The Bertz CT molecular complexity index is 689. The van der Waals surface area contributed by atoms with Crippen molar-refractivity contribution in [2.45, 2.75) is 27.0 Å². The summed E-state index contributed by atoms with van der Waals surface area (Å²) in [4.78, 5) is 11.2. The maximum absolute atomic E-state index is 5.97. The highest BCUT2D eigenvalue weighted by Crippen LogP contribution is 2.11. The number of hydrogen-bond donors (Lipinski definition) is 1. The van der Waals surface area contributed by atoms with E-state index in [1.165, 1.54) is 0 Å². The summed E-state index contributed by atoms with van der Waals surface area (Å²) in [5.41, 5.74) is 2.13. The maximum atomic E-state index is 5.97. The molecular weight excluding hydrogens is 356 g/mol. The van der Waals surface area contributed by atoms with Crippen LogP contribution in [0.25, 0.3) is 0 Å². The van der Waals surface area contributed by atoms with Gasteiger partial charge in [0.2, 0.25) is 0 Å². The first-order chi connectivity index (χ1) is 12.1. The van der Waals surface area contributed by atoms with Gasteiger partial charge >= 0.3 is 0 Å². The predicted octanol–water partition coefficient (Wildman–Crippen LogP) is 3.72. The van der Waals surface area contributed by atoms with E-state index in [1.807, 2.05) is 38.2 Å². The molecule has 0 radical (unpaired) electrons. The lowest BCUT2D eigenvalue weighted by Gasteiger charge is -2.21. The SMILES string of the molecule is CCNC(=NCCOCc1cccc(Cl)c1)N(C)Cc1csc(C)n1. The summed E-state index contributed by atoms with van der Waals surface area (Å²) in [6, 6.07) is 7.71. The standard InChI is InChI=1S/C18H25ClN4OS/c1-4-20-18(23(3)11-17-13-25-14(2)22-17)21-8-9-24-12-15-6-5-7-16(19)10-15/h5-7,10,13H,4,8-9,11-12H2,1-3H3,(H,20,21). The Labute approximate surface area is 158 Å². The van der Waals surface area contributed by atoms with Crippen molar-refractivity contribution in [3.8, 4) is 0 Å².